The number of methoxy groups -OCH3 is 1. The molecule has 0 bridgehead atoms. The predicted octanol–water partition coefficient (Wildman–Crippen LogP) is 4.66. The minimum atomic E-state index is -0.978. The van der Waals surface area contributed by atoms with Crippen LogP contribution in [0.25, 0.3) is 11.1 Å². The predicted molar refractivity (Wildman–Crippen MR) is 105 cm³/mol. The molecule has 1 aliphatic rings. The summed E-state index contributed by atoms with van der Waals surface area (Å²) in [6, 6.07) is 14.1. The Kier molecular flexibility index (Phi) is 5.71. The summed E-state index contributed by atoms with van der Waals surface area (Å²) in [6.45, 7) is 5.33. The summed E-state index contributed by atoms with van der Waals surface area (Å²) in [5.74, 6) is 0.821. The average Bonchev–Trinajstić information content (AvgIpc) is 2.64. The number of fused-ring (bicyclic) bond motifs is 1. The van der Waals surface area contributed by atoms with Gasteiger partial charge in [-0.1, -0.05) is 44.2 Å². The molecule has 144 valence electrons. The molecule has 0 saturated heterocycles. The summed E-state index contributed by atoms with van der Waals surface area (Å²) in [5, 5.41) is 11.9. The van der Waals surface area contributed by atoms with Crippen LogP contribution in [0.3, 0.4) is 0 Å². The summed E-state index contributed by atoms with van der Waals surface area (Å²) in [7, 11) is 1.65. The van der Waals surface area contributed by atoms with Gasteiger partial charge >= 0.3 is 6.09 Å². The lowest BCUT2D eigenvalue weighted by Gasteiger charge is -2.40. The Bertz CT molecular complexity index is 798. The molecule has 2 N–H and O–H groups in total. The molecule has 0 fully saturated rings. The van der Waals surface area contributed by atoms with Crippen LogP contribution in [0.2, 0.25) is 0 Å². The summed E-state index contributed by atoms with van der Waals surface area (Å²) in [4.78, 5) is 11.2. The monoisotopic (exact) mass is 369 g/mol. The highest BCUT2D eigenvalue weighted by atomic mass is 16.5. The van der Waals surface area contributed by atoms with Gasteiger partial charge in [0.2, 0.25) is 0 Å². The Balaban J connectivity index is 1.82. The second kappa shape index (κ2) is 8.01. The van der Waals surface area contributed by atoms with Crippen LogP contribution in [0.1, 0.15) is 37.4 Å². The van der Waals surface area contributed by atoms with Gasteiger partial charge in [0.25, 0.3) is 0 Å². The first-order chi connectivity index (χ1) is 12.9. The summed E-state index contributed by atoms with van der Waals surface area (Å²) in [5.41, 5.74) is 4.44. The Morgan fingerprint density at radius 2 is 1.85 bits per heavy atom. The number of hydrogen-bond acceptors (Lipinski definition) is 3. The van der Waals surface area contributed by atoms with Crippen molar-refractivity contribution >= 4 is 6.09 Å². The molecule has 0 radical (unpaired) electrons. The topological polar surface area (TPSA) is 67.8 Å². The van der Waals surface area contributed by atoms with Crippen LogP contribution < -0.4 is 10.1 Å². The van der Waals surface area contributed by atoms with Crippen molar-refractivity contribution in [2.45, 2.75) is 32.7 Å². The third kappa shape index (κ3) is 4.42. The molecule has 0 spiro atoms. The molecule has 1 atom stereocenters. The van der Waals surface area contributed by atoms with E-state index in [2.05, 4.69) is 37.4 Å². The van der Waals surface area contributed by atoms with Crippen molar-refractivity contribution in [3.63, 3.8) is 0 Å². The van der Waals surface area contributed by atoms with Crippen molar-refractivity contribution < 1.29 is 19.4 Å². The lowest BCUT2D eigenvalue weighted by molar-refractivity contribution is 0.146. The lowest BCUT2D eigenvalue weighted by Crippen LogP contribution is -2.40. The van der Waals surface area contributed by atoms with Gasteiger partial charge in [0.1, 0.15) is 12.4 Å². The minimum Gasteiger partial charge on any atom is -0.491 e. The van der Waals surface area contributed by atoms with Crippen LogP contribution >= 0.6 is 0 Å². The molecule has 5 nitrogen and oxygen atoms in total. The van der Waals surface area contributed by atoms with E-state index < -0.39 is 6.09 Å². The number of hydrogen-bond donors (Lipinski definition) is 2. The van der Waals surface area contributed by atoms with E-state index in [4.69, 9.17) is 9.47 Å². The normalized spacial score (nSPS) is 17.8. The molecule has 3 rings (SSSR count). The number of nitrogens with one attached hydrogen (secondary N) is 1. The zero-order valence-electron chi connectivity index (χ0n) is 16.1. The number of carboxylic acid groups (broad SMARTS) is 1. The van der Waals surface area contributed by atoms with Crippen LogP contribution in [0.15, 0.2) is 42.5 Å². The first-order valence-electron chi connectivity index (χ1n) is 9.25. The first-order valence-corrected chi connectivity index (χ1v) is 9.25. The molecule has 0 aromatic heterocycles. The quantitative estimate of drug-likeness (QED) is 0.727. The van der Waals surface area contributed by atoms with E-state index in [9.17, 15) is 9.90 Å². The smallest absolute Gasteiger partial charge is 0.405 e. The highest BCUT2D eigenvalue weighted by molar-refractivity contribution is 5.68. The van der Waals surface area contributed by atoms with Gasteiger partial charge in [-0.3, -0.25) is 0 Å². The van der Waals surface area contributed by atoms with E-state index in [1.165, 1.54) is 5.56 Å². The molecule has 2 aromatic rings. The fourth-order valence-electron chi connectivity index (χ4n) is 3.69. The van der Waals surface area contributed by atoms with Gasteiger partial charge in [-0.2, -0.15) is 0 Å². The summed E-state index contributed by atoms with van der Waals surface area (Å²) in [6.07, 6.45) is 0.918. The third-order valence-corrected chi connectivity index (χ3v) is 5.29. The fourth-order valence-corrected chi connectivity index (χ4v) is 3.69. The standard InChI is InChI=1S/C22H27NO4/c1-22(2)11-10-17-14-16(6-9-19(17)20(22)23-21(24)25)15-4-7-18(8-5-15)27-13-12-26-3/h4-9,14,20,23H,10-13H2,1-3H3,(H,24,25)/t20-/m1/s1. The van der Waals surface area contributed by atoms with Crippen LogP contribution in [0.4, 0.5) is 4.79 Å². The second-order valence-corrected chi connectivity index (χ2v) is 7.65. The average molecular weight is 369 g/mol. The molecular weight excluding hydrogens is 342 g/mol. The van der Waals surface area contributed by atoms with E-state index in [-0.39, 0.29) is 11.5 Å². The number of rotatable bonds is 6. The Hall–Kier alpha value is -2.53. The molecule has 0 heterocycles. The van der Waals surface area contributed by atoms with Crippen molar-refractivity contribution in [1.82, 2.24) is 5.32 Å². The van der Waals surface area contributed by atoms with Crippen molar-refractivity contribution in [3.05, 3.63) is 53.6 Å². The van der Waals surface area contributed by atoms with Crippen LogP contribution in [0, 0.1) is 5.41 Å². The maximum absolute atomic E-state index is 11.2. The van der Waals surface area contributed by atoms with Crippen LogP contribution in [-0.4, -0.2) is 31.5 Å². The largest absolute Gasteiger partial charge is 0.491 e. The molecular formula is C22H27NO4. The highest BCUT2D eigenvalue weighted by Crippen LogP contribution is 2.44. The van der Waals surface area contributed by atoms with E-state index in [1.807, 2.05) is 24.3 Å². The zero-order chi connectivity index (χ0) is 19.4. The van der Waals surface area contributed by atoms with Gasteiger partial charge in [0, 0.05) is 7.11 Å². The van der Waals surface area contributed by atoms with Crippen molar-refractivity contribution in [2.24, 2.45) is 5.41 Å². The van der Waals surface area contributed by atoms with Crippen molar-refractivity contribution in [3.8, 4) is 16.9 Å². The van der Waals surface area contributed by atoms with Gasteiger partial charge in [-0.05, 0) is 52.6 Å². The number of carbonyl (C=O) groups is 1. The minimum absolute atomic E-state index is 0.103. The fraction of sp³-hybridized carbons (Fsp3) is 0.409. The molecule has 5 heteroatoms. The zero-order valence-corrected chi connectivity index (χ0v) is 16.1. The van der Waals surface area contributed by atoms with E-state index in [0.717, 1.165) is 35.3 Å². The van der Waals surface area contributed by atoms with Gasteiger partial charge in [0.15, 0.2) is 0 Å². The number of aryl methyl sites for hydroxylation is 1. The van der Waals surface area contributed by atoms with E-state index in [1.54, 1.807) is 7.11 Å². The summed E-state index contributed by atoms with van der Waals surface area (Å²) < 4.78 is 10.6. The van der Waals surface area contributed by atoms with Gasteiger partial charge in [0.05, 0.1) is 12.6 Å². The molecule has 0 aliphatic heterocycles. The van der Waals surface area contributed by atoms with E-state index in [0.29, 0.717) is 13.2 Å². The van der Waals surface area contributed by atoms with E-state index >= 15 is 0 Å². The van der Waals surface area contributed by atoms with Gasteiger partial charge < -0.3 is 19.9 Å². The Morgan fingerprint density at radius 3 is 2.52 bits per heavy atom. The molecule has 1 aliphatic carbocycles. The molecule has 27 heavy (non-hydrogen) atoms. The maximum Gasteiger partial charge on any atom is 0.405 e. The third-order valence-electron chi connectivity index (χ3n) is 5.29. The second-order valence-electron chi connectivity index (χ2n) is 7.65. The lowest BCUT2D eigenvalue weighted by atomic mass is 9.70. The van der Waals surface area contributed by atoms with Crippen LogP contribution in [-0.2, 0) is 11.2 Å². The molecule has 0 unspecified atom stereocenters. The number of ether oxygens (including phenoxy) is 2. The molecule has 1 amide bonds. The molecule has 0 saturated carbocycles. The van der Waals surface area contributed by atoms with Gasteiger partial charge in [-0.25, -0.2) is 4.79 Å². The highest BCUT2D eigenvalue weighted by Gasteiger charge is 2.36. The number of benzene rings is 2. The summed E-state index contributed by atoms with van der Waals surface area (Å²) >= 11 is 0. The Morgan fingerprint density at radius 1 is 1.15 bits per heavy atom. The number of amides is 1. The van der Waals surface area contributed by atoms with Crippen LogP contribution in [0.5, 0.6) is 5.75 Å². The Labute approximate surface area is 160 Å². The first kappa shape index (κ1) is 19.2. The maximum atomic E-state index is 11.2. The SMILES string of the molecule is COCCOc1ccc(-c2ccc3c(c2)CCC(C)(C)[C@@H]3NC(=O)O)cc1. The van der Waals surface area contributed by atoms with Crippen molar-refractivity contribution in [1.29, 1.82) is 0 Å². The van der Waals surface area contributed by atoms with Gasteiger partial charge in [-0.15, -0.1) is 0 Å². The molecule has 2 aromatic carbocycles. The van der Waals surface area contributed by atoms with Crippen molar-refractivity contribution in [2.75, 3.05) is 20.3 Å².